The standard InChI is InChI=1S/C30H52N2O12/c1-11-18(3)23(31-27(38)43-29(5,6)7)25(36)41-17-20(16-40-22(35)15-13-14-21(33)34)42-26(37)24(19(4)12-2)32-28(39)44-30(8,9)10/h18-20,23-24H,11-17H2,1-10H3,(H,31,38)(H,32,39)(H,33,34)/t18-,19-,20?,23-,24-/m0/s1. The second-order valence-electron chi connectivity index (χ2n) is 12.6. The molecular formula is C30H52N2O12. The molecule has 0 radical (unpaired) electrons. The maximum absolute atomic E-state index is 13.2. The lowest BCUT2D eigenvalue weighted by atomic mass is 9.99. The number of carboxylic acid groups (broad SMARTS) is 1. The van der Waals surface area contributed by atoms with Crippen LogP contribution < -0.4 is 10.6 Å². The SMILES string of the molecule is CC[C@H](C)[C@H](NC(=O)OC(C)(C)C)C(=O)OCC(COC(=O)CCCC(=O)O)OC(=O)[C@@H](NC(=O)OC(C)(C)C)[C@@H](C)CC. The Kier molecular flexibility index (Phi) is 17.4. The van der Waals surface area contributed by atoms with Crippen LogP contribution in [0.4, 0.5) is 9.59 Å². The van der Waals surface area contributed by atoms with E-state index < -0.39 is 78.7 Å². The summed E-state index contributed by atoms with van der Waals surface area (Å²) in [5.74, 6) is -4.25. The highest BCUT2D eigenvalue weighted by Gasteiger charge is 2.34. The summed E-state index contributed by atoms with van der Waals surface area (Å²) in [5.41, 5.74) is -1.62. The fourth-order valence-electron chi connectivity index (χ4n) is 3.47. The van der Waals surface area contributed by atoms with Crippen molar-refractivity contribution in [3.05, 3.63) is 0 Å². The van der Waals surface area contributed by atoms with E-state index in [1.165, 1.54) is 0 Å². The zero-order chi connectivity index (χ0) is 34.3. The molecule has 0 aliphatic carbocycles. The first-order valence-electron chi connectivity index (χ1n) is 14.9. The number of esters is 3. The van der Waals surface area contributed by atoms with Gasteiger partial charge in [-0.15, -0.1) is 0 Å². The van der Waals surface area contributed by atoms with Crippen LogP contribution in [0.2, 0.25) is 0 Å². The Morgan fingerprint density at radius 3 is 1.52 bits per heavy atom. The van der Waals surface area contributed by atoms with Crippen LogP contribution in [0.3, 0.4) is 0 Å². The molecule has 0 saturated carbocycles. The predicted octanol–water partition coefficient (Wildman–Crippen LogP) is 4.12. The summed E-state index contributed by atoms with van der Waals surface area (Å²) in [5, 5.41) is 13.8. The van der Waals surface area contributed by atoms with Crippen molar-refractivity contribution in [3.63, 3.8) is 0 Å². The van der Waals surface area contributed by atoms with Crippen LogP contribution in [-0.2, 0) is 42.9 Å². The second-order valence-corrected chi connectivity index (χ2v) is 12.6. The molecule has 14 nitrogen and oxygen atoms in total. The average molecular weight is 633 g/mol. The van der Waals surface area contributed by atoms with Crippen LogP contribution in [0.5, 0.6) is 0 Å². The zero-order valence-corrected chi connectivity index (χ0v) is 27.8. The molecule has 254 valence electrons. The third-order valence-electron chi connectivity index (χ3n) is 6.17. The number of ether oxygens (including phenoxy) is 5. The van der Waals surface area contributed by atoms with Gasteiger partial charge in [0.25, 0.3) is 0 Å². The minimum absolute atomic E-state index is 0.0381. The number of hydrogen-bond acceptors (Lipinski definition) is 11. The summed E-state index contributed by atoms with van der Waals surface area (Å²) < 4.78 is 26.7. The Balaban J connectivity index is 5.81. The van der Waals surface area contributed by atoms with E-state index in [9.17, 15) is 28.8 Å². The van der Waals surface area contributed by atoms with Crippen molar-refractivity contribution in [2.75, 3.05) is 13.2 Å². The number of hydrogen-bond donors (Lipinski definition) is 3. The Morgan fingerprint density at radius 2 is 1.11 bits per heavy atom. The van der Waals surface area contributed by atoms with Gasteiger partial charge in [-0.25, -0.2) is 19.2 Å². The largest absolute Gasteiger partial charge is 0.481 e. The Labute approximate surface area is 260 Å². The Morgan fingerprint density at radius 1 is 0.682 bits per heavy atom. The number of nitrogens with one attached hydrogen (secondary N) is 2. The number of carbonyl (C=O) groups excluding carboxylic acids is 5. The molecule has 1 unspecified atom stereocenters. The maximum Gasteiger partial charge on any atom is 0.408 e. The molecule has 0 rings (SSSR count). The lowest BCUT2D eigenvalue weighted by Gasteiger charge is -2.28. The van der Waals surface area contributed by atoms with Crippen LogP contribution in [0.25, 0.3) is 0 Å². The van der Waals surface area contributed by atoms with Crippen molar-refractivity contribution in [1.29, 1.82) is 0 Å². The third kappa shape index (κ3) is 18.2. The Bertz CT molecular complexity index is 970. The first-order valence-corrected chi connectivity index (χ1v) is 14.9. The number of amides is 2. The third-order valence-corrected chi connectivity index (χ3v) is 6.17. The van der Waals surface area contributed by atoms with E-state index in [-0.39, 0.29) is 31.1 Å². The molecule has 44 heavy (non-hydrogen) atoms. The van der Waals surface area contributed by atoms with E-state index in [0.717, 1.165) is 0 Å². The van der Waals surface area contributed by atoms with Crippen molar-refractivity contribution < 1.29 is 57.6 Å². The predicted molar refractivity (Wildman–Crippen MR) is 159 cm³/mol. The van der Waals surface area contributed by atoms with Gasteiger partial charge in [0.15, 0.2) is 6.10 Å². The summed E-state index contributed by atoms with van der Waals surface area (Å²) in [6.45, 7) is 16.1. The van der Waals surface area contributed by atoms with Gasteiger partial charge < -0.3 is 39.4 Å². The first-order chi connectivity index (χ1) is 20.2. The highest BCUT2D eigenvalue weighted by Crippen LogP contribution is 2.16. The zero-order valence-electron chi connectivity index (χ0n) is 27.8. The van der Waals surface area contributed by atoms with Gasteiger partial charge in [0, 0.05) is 12.8 Å². The van der Waals surface area contributed by atoms with Crippen LogP contribution in [0.1, 0.15) is 101 Å². The van der Waals surface area contributed by atoms with Gasteiger partial charge in [-0.05, 0) is 59.8 Å². The molecule has 0 bridgehead atoms. The van der Waals surface area contributed by atoms with Crippen LogP contribution >= 0.6 is 0 Å². The van der Waals surface area contributed by atoms with Gasteiger partial charge in [-0.2, -0.15) is 0 Å². The molecule has 2 amide bonds. The minimum Gasteiger partial charge on any atom is -0.481 e. The van der Waals surface area contributed by atoms with E-state index >= 15 is 0 Å². The molecule has 0 fully saturated rings. The van der Waals surface area contributed by atoms with Crippen molar-refractivity contribution in [2.45, 2.75) is 131 Å². The highest BCUT2D eigenvalue weighted by atomic mass is 16.6. The molecule has 0 aromatic heterocycles. The van der Waals surface area contributed by atoms with Gasteiger partial charge >= 0.3 is 36.1 Å². The second kappa shape index (κ2) is 18.9. The van der Waals surface area contributed by atoms with Crippen molar-refractivity contribution >= 4 is 36.1 Å². The average Bonchev–Trinajstić information content (AvgIpc) is 2.88. The van der Waals surface area contributed by atoms with Gasteiger partial charge in [-0.3, -0.25) is 9.59 Å². The van der Waals surface area contributed by atoms with Crippen molar-refractivity contribution in [3.8, 4) is 0 Å². The molecule has 14 heteroatoms. The maximum atomic E-state index is 13.2. The highest BCUT2D eigenvalue weighted by molar-refractivity contribution is 5.83. The summed E-state index contributed by atoms with van der Waals surface area (Å²) in [6, 6.07) is -2.23. The fourth-order valence-corrected chi connectivity index (χ4v) is 3.47. The van der Waals surface area contributed by atoms with Gasteiger partial charge in [0.2, 0.25) is 0 Å². The number of rotatable bonds is 17. The molecule has 0 aromatic rings. The molecular weight excluding hydrogens is 580 g/mol. The van der Waals surface area contributed by atoms with Crippen LogP contribution in [0.15, 0.2) is 0 Å². The topological polar surface area (TPSA) is 193 Å². The number of carboxylic acids is 1. The quantitative estimate of drug-likeness (QED) is 0.154. The summed E-state index contributed by atoms with van der Waals surface area (Å²) in [4.78, 5) is 74.1. The lowest BCUT2D eigenvalue weighted by Crippen LogP contribution is -2.50. The van der Waals surface area contributed by atoms with Gasteiger partial charge in [-0.1, -0.05) is 40.5 Å². The first kappa shape index (κ1) is 40.4. The van der Waals surface area contributed by atoms with Crippen LogP contribution in [-0.4, -0.2) is 83.8 Å². The molecule has 0 aliphatic heterocycles. The molecule has 5 atom stereocenters. The summed E-state index contributed by atoms with van der Waals surface area (Å²) >= 11 is 0. The smallest absolute Gasteiger partial charge is 0.408 e. The monoisotopic (exact) mass is 632 g/mol. The normalized spacial score (nSPS) is 15.0. The number of alkyl carbamates (subject to hydrolysis) is 2. The minimum atomic E-state index is -1.29. The van der Waals surface area contributed by atoms with Crippen LogP contribution in [0, 0.1) is 11.8 Å². The lowest BCUT2D eigenvalue weighted by molar-refractivity contribution is -0.170. The molecule has 3 N–H and O–H groups in total. The molecule has 0 spiro atoms. The van der Waals surface area contributed by atoms with Crippen molar-refractivity contribution in [1.82, 2.24) is 10.6 Å². The van der Waals surface area contributed by atoms with Gasteiger partial charge in [0.1, 0.15) is 36.5 Å². The van der Waals surface area contributed by atoms with Gasteiger partial charge in [0.05, 0.1) is 0 Å². The molecule has 0 heterocycles. The van der Waals surface area contributed by atoms with E-state index in [1.807, 2.05) is 13.8 Å². The summed E-state index contributed by atoms with van der Waals surface area (Å²) in [6.07, 6.45) is -2.34. The van der Waals surface area contributed by atoms with E-state index in [1.54, 1.807) is 55.4 Å². The summed E-state index contributed by atoms with van der Waals surface area (Å²) in [7, 11) is 0. The van der Waals surface area contributed by atoms with E-state index in [0.29, 0.717) is 12.8 Å². The van der Waals surface area contributed by atoms with Crippen molar-refractivity contribution in [2.24, 2.45) is 11.8 Å². The number of carbonyl (C=O) groups is 6. The molecule has 0 aromatic carbocycles. The Hall–Kier alpha value is -3.58. The van der Waals surface area contributed by atoms with E-state index in [4.69, 9.17) is 28.8 Å². The molecule has 0 aliphatic rings. The number of aliphatic carboxylic acids is 1. The van der Waals surface area contributed by atoms with E-state index in [2.05, 4.69) is 10.6 Å². The fraction of sp³-hybridized carbons (Fsp3) is 0.800. The molecule has 0 saturated heterocycles.